The molecule has 2 rings (SSSR count). The van der Waals surface area contributed by atoms with Crippen molar-refractivity contribution in [3.8, 4) is 0 Å². The molecule has 0 radical (unpaired) electrons. The molecule has 1 heterocycles. The molecule has 1 aliphatic heterocycles. The molecule has 0 aromatic heterocycles. The zero-order chi connectivity index (χ0) is 6.27. The maximum atomic E-state index is 9.27. The van der Waals surface area contributed by atoms with Crippen molar-refractivity contribution in [3.05, 3.63) is 0 Å². The van der Waals surface area contributed by atoms with Gasteiger partial charge in [-0.15, -0.1) is 0 Å². The summed E-state index contributed by atoms with van der Waals surface area (Å²) in [5.74, 6) is 0.477. The number of fused-ring (bicyclic) bond motifs is 1. The third-order valence-electron chi connectivity index (χ3n) is 2.48. The normalized spacial score (nSPS) is 49.7. The molecule has 2 heteroatoms. The minimum Gasteiger partial charge on any atom is -0.390 e. The average molecular weight is 128 g/mol. The first-order valence-corrected chi connectivity index (χ1v) is 3.67. The molecule has 0 aromatic carbocycles. The molecule has 0 unspecified atom stereocenters. The Morgan fingerprint density at radius 2 is 2.22 bits per heavy atom. The second kappa shape index (κ2) is 1.96. The lowest BCUT2D eigenvalue weighted by Gasteiger charge is -2.08. The van der Waals surface area contributed by atoms with E-state index >= 15 is 0 Å². The van der Waals surface area contributed by atoms with Gasteiger partial charge in [0.05, 0.1) is 18.8 Å². The van der Waals surface area contributed by atoms with Gasteiger partial charge in [0.1, 0.15) is 0 Å². The molecule has 0 bridgehead atoms. The van der Waals surface area contributed by atoms with Crippen molar-refractivity contribution in [1.29, 1.82) is 0 Å². The second-order valence-corrected chi connectivity index (χ2v) is 3.03. The van der Waals surface area contributed by atoms with Crippen molar-refractivity contribution in [2.24, 2.45) is 5.92 Å². The first-order valence-electron chi connectivity index (χ1n) is 3.67. The first-order chi connectivity index (χ1) is 4.38. The molecule has 0 aromatic rings. The van der Waals surface area contributed by atoms with Crippen LogP contribution in [0.1, 0.15) is 19.3 Å². The summed E-state index contributed by atoms with van der Waals surface area (Å²) in [6.45, 7) is 0.579. The molecule has 2 aliphatic rings. The van der Waals surface area contributed by atoms with E-state index in [4.69, 9.17) is 4.74 Å². The SMILES string of the molecule is O[C@H]1CO[C@@H]2CCC[C@H]12. The molecular weight excluding hydrogens is 116 g/mol. The van der Waals surface area contributed by atoms with Crippen molar-refractivity contribution in [1.82, 2.24) is 0 Å². The number of aliphatic hydroxyl groups excluding tert-OH is 1. The Morgan fingerprint density at radius 1 is 1.33 bits per heavy atom. The van der Waals surface area contributed by atoms with E-state index in [2.05, 4.69) is 0 Å². The largest absolute Gasteiger partial charge is 0.390 e. The van der Waals surface area contributed by atoms with E-state index < -0.39 is 0 Å². The Bertz CT molecular complexity index is 113. The summed E-state index contributed by atoms with van der Waals surface area (Å²) in [6, 6.07) is 0. The Labute approximate surface area is 54.8 Å². The molecule has 0 amide bonds. The van der Waals surface area contributed by atoms with Crippen LogP contribution in [0, 0.1) is 5.92 Å². The van der Waals surface area contributed by atoms with Gasteiger partial charge in [0.15, 0.2) is 0 Å². The maximum absolute atomic E-state index is 9.27. The molecule has 9 heavy (non-hydrogen) atoms. The maximum Gasteiger partial charge on any atom is 0.0826 e. The lowest BCUT2D eigenvalue weighted by Crippen LogP contribution is -2.18. The molecule has 1 saturated heterocycles. The Balaban J connectivity index is 2.07. The molecule has 52 valence electrons. The van der Waals surface area contributed by atoms with Crippen LogP contribution >= 0.6 is 0 Å². The van der Waals surface area contributed by atoms with E-state index in [-0.39, 0.29) is 6.10 Å². The fourth-order valence-electron chi connectivity index (χ4n) is 1.95. The smallest absolute Gasteiger partial charge is 0.0826 e. The van der Waals surface area contributed by atoms with Gasteiger partial charge in [-0.3, -0.25) is 0 Å². The van der Waals surface area contributed by atoms with Gasteiger partial charge in [-0.2, -0.15) is 0 Å². The number of aliphatic hydroxyl groups is 1. The highest BCUT2D eigenvalue weighted by molar-refractivity contribution is 4.88. The van der Waals surface area contributed by atoms with Gasteiger partial charge in [-0.1, -0.05) is 6.42 Å². The second-order valence-electron chi connectivity index (χ2n) is 3.03. The van der Waals surface area contributed by atoms with Gasteiger partial charge >= 0.3 is 0 Å². The van der Waals surface area contributed by atoms with E-state index in [1.165, 1.54) is 19.3 Å². The number of hydrogen-bond acceptors (Lipinski definition) is 2. The highest BCUT2D eigenvalue weighted by Gasteiger charge is 2.38. The topological polar surface area (TPSA) is 29.5 Å². The molecule has 2 fully saturated rings. The molecule has 3 atom stereocenters. The van der Waals surface area contributed by atoms with Crippen LogP contribution in [-0.4, -0.2) is 23.9 Å². The minimum atomic E-state index is -0.155. The van der Waals surface area contributed by atoms with Gasteiger partial charge in [-0.05, 0) is 12.8 Å². The summed E-state index contributed by atoms with van der Waals surface area (Å²) in [4.78, 5) is 0. The van der Waals surface area contributed by atoms with Gasteiger partial charge in [0, 0.05) is 5.92 Å². The molecule has 1 N–H and O–H groups in total. The van der Waals surface area contributed by atoms with E-state index in [1.807, 2.05) is 0 Å². The summed E-state index contributed by atoms with van der Waals surface area (Å²) in [5.41, 5.74) is 0. The first kappa shape index (κ1) is 5.69. The van der Waals surface area contributed by atoms with E-state index in [1.54, 1.807) is 0 Å². The Kier molecular flexibility index (Phi) is 1.24. The monoisotopic (exact) mass is 128 g/mol. The molecular formula is C7H12O2. The van der Waals surface area contributed by atoms with Gasteiger partial charge in [-0.25, -0.2) is 0 Å². The predicted molar refractivity (Wildman–Crippen MR) is 33.1 cm³/mol. The average Bonchev–Trinajstić information content (AvgIpc) is 2.35. The summed E-state index contributed by atoms with van der Waals surface area (Å²) >= 11 is 0. The zero-order valence-electron chi connectivity index (χ0n) is 5.42. The molecule has 0 spiro atoms. The van der Waals surface area contributed by atoms with Crippen molar-refractivity contribution in [2.75, 3.05) is 6.61 Å². The third-order valence-corrected chi connectivity index (χ3v) is 2.48. The van der Waals surface area contributed by atoms with Crippen molar-refractivity contribution >= 4 is 0 Å². The fourth-order valence-corrected chi connectivity index (χ4v) is 1.95. The standard InChI is InChI=1S/C7H12O2/c8-6-4-9-7-3-1-2-5(6)7/h5-8H,1-4H2/t5-,6+,7-/m1/s1. The highest BCUT2D eigenvalue weighted by atomic mass is 16.5. The van der Waals surface area contributed by atoms with E-state index in [0.717, 1.165) is 0 Å². The Hall–Kier alpha value is -0.0800. The van der Waals surface area contributed by atoms with Crippen LogP contribution in [0.4, 0.5) is 0 Å². The summed E-state index contributed by atoms with van der Waals surface area (Å²) in [6.07, 6.45) is 3.83. The molecule has 1 aliphatic carbocycles. The minimum absolute atomic E-state index is 0.155. The van der Waals surface area contributed by atoms with Crippen LogP contribution in [0.2, 0.25) is 0 Å². The number of rotatable bonds is 0. The zero-order valence-corrected chi connectivity index (χ0v) is 5.42. The van der Waals surface area contributed by atoms with Crippen LogP contribution in [0.5, 0.6) is 0 Å². The van der Waals surface area contributed by atoms with E-state index in [0.29, 0.717) is 18.6 Å². The number of hydrogen-bond donors (Lipinski definition) is 1. The summed E-state index contributed by atoms with van der Waals surface area (Å²) < 4.78 is 5.34. The predicted octanol–water partition coefficient (Wildman–Crippen LogP) is 0.546. The van der Waals surface area contributed by atoms with Crippen LogP contribution in [0.25, 0.3) is 0 Å². The Morgan fingerprint density at radius 3 is 3.00 bits per heavy atom. The summed E-state index contributed by atoms with van der Waals surface area (Å²) in [5, 5.41) is 9.27. The lowest BCUT2D eigenvalue weighted by molar-refractivity contribution is 0.0861. The van der Waals surface area contributed by atoms with E-state index in [9.17, 15) is 5.11 Å². The van der Waals surface area contributed by atoms with Crippen LogP contribution in [0.3, 0.4) is 0 Å². The number of ether oxygens (including phenoxy) is 1. The fraction of sp³-hybridized carbons (Fsp3) is 1.00. The quantitative estimate of drug-likeness (QED) is 0.516. The van der Waals surface area contributed by atoms with Crippen molar-refractivity contribution < 1.29 is 9.84 Å². The van der Waals surface area contributed by atoms with Crippen molar-refractivity contribution in [2.45, 2.75) is 31.5 Å². The van der Waals surface area contributed by atoms with Crippen LogP contribution in [-0.2, 0) is 4.74 Å². The van der Waals surface area contributed by atoms with Gasteiger partial charge in [0.25, 0.3) is 0 Å². The van der Waals surface area contributed by atoms with Crippen LogP contribution in [0.15, 0.2) is 0 Å². The van der Waals surface area contributed by atoms with Crippen LogP contribution < -0.4 is 0 Å². The third kappa shape index (κ3) is 0.775. The highest BCUT2D eigenvalue weighted by Crippen LogP contribution is 2.35. The van der Waals surface area contributed by atoms with Gasteiger partial charge < -0.3 is 9.84 Å². The van der Waals surface area contributed by atoms with Crippen molar-refractivity contribution in [3.63, 3.8) is 0 Å². The lowest BCUT2D eigenvalue weighted by atomic mass is 10.0. The summed E-state index contributed by atoms with van der Waals surface area (Å²) in [7, 11) is 0. The van der Waals surface area contributed by atoms with Gasteiger partial charge in [0.2, 0.25) is 0 Å². The molecule has 2 nitrogen and oxygen atoms in total. The molecule has 1 saturated carbocycles.